The number of hydrogen-bond donors (Lipinski definition) is 2. The molecule has 3 N–H and O–H groups in total. The molecular weight excluding hydrogens is 208 g/mol. The Morgan fingerprint density at radius 2 is 2.20 bits per heavy atom. The molecule has 0 spiro atoms. The zero-order valence-corrected chi connectivity index (χ0v) is 10.3. The monoisotopic (exact) mass is 230 g/mol. The first kappa shape index (κ1) is 12.8. The molecule has 1 rings (SSSR count). The molecule has 0 aliphatic carbocycles. The molecule has 1 atom stereocenters. The summed E-state index contributed by atoms with van der Waals surface area (Å²) in [6, 6.07) is 0.162. The maximum absolute atomic E-state index is 11.7. The lowest BCUT2D eigenvalue weighted by atomic mass is 9.98. The maximum atomic E-state index is 11.7. The van der Waals surface area contributed by atoms with Gasteiger partial charge in [-0.3, -0.25) is 4.79 Å². The van der Waals surface area contributed by atoms with E-state index in [0.717, 1.165) is 6.42 Å². The van der Waals surface area contributed by atoms with Gasteiger partial charge < -0.3 is 11.1 Å². The summed E-state index contributed by atoms with van der Waals surface area (Å²) in [6.45, 7) is 2.60. The number of thioether (sulfide) groups is 1. The van der Waals surface area contributed by atoms with E-state index in [1.807, 2.05) is 11.8 Å². The largest absolute Gasteiger partial charge is 0.352 e. The van der Waals surface area contributed by atoms with Crippen LogP contribution in [0.4, 0.5) is 0 Å². The minimum Gasteiger partial charge on any atom is -0.352 e. The molecule has 1 aliphatic heterocycles. The SMILES string of the molecule is CCC(CN)NC(=O)CC1CCSCC1. The van der Waals surface area contributed by atoms with Crippen LogP contribution in [0.5, 0.6) is 0 Å². The van der Waals surface area contributed by atoms with Crippen molar-refractivity contribution in [2.45, 2.75) is 38.6 Å². The topological polar surface area (TPSA) is 55.1 Å². The van der Waals surface area contributed by atoms with E-state index in [4.69, 9.17) is 5.73 Å². The smallest absolute Gasteiger partial charge is 0.220 e. The minimum atomic E-state index is 0.162. The van der Waals surface area contributed by atoms with Gasteiger partial charge in [-0.2, -0.15) is 11.8 Å². The molecule has 0 saturated carbocycles. The molecular formula is C11H22N2OS. The quantitative estimate of drug-likeness (QED) is 0.750. The second-order valence-electron chi connectivity index (χ2n) is 4.17. The Hall–Kier alpha value is -0.220. The van der Waals surface area contributed by atoms with E-state index in [1.165, 1.54) is 24.3 Å². The van der Waals surface area contributed by atoms with E-state index >= 15 is 0 Å². The van der Waals surface area contributed by atoms with Crippen LogP contribution in [0.3, 0.4) is 0 Å². The van der Waals surface area contributed by atoms with E-state index in [1.54, 1.807) is 0 Å². The number of carbonyl (C=O) groups excluding carboxylic acids is 1. The Kier molecular flexibility index (Phi) is 6.10. The Balaban J connectivity index is 2.21. The molecule has 1 unspecified atom stereocenters. The highest BCUT2D eigenvalue weighted by Gasteiger charge is 2.18. The summed E-state index contributed by atoms with van der Waals surface area (Å²) in [4.78, 5) is 11.7. The minimum absolute atomic E-state index is 0.162. The molecule has 0 bridgehead atoms. The molecule has 15 heavy (non-hydrogen) atoms. The highest BCUT2D eigenvalue weighted by Crippen LogP contribution is 2.25. The molecule has 1 saturated heterocycles. The maximum Gasteiger partial charge on any atom is 0.220 e. The lowest BCUT2D eigenvalue weighted by Crippen LogP contribution is -2.40. The van der Waals surface area contributed by atoms with Crippen molar-refractivity contribution in [2.24, 2.45) is 11.7 Å². The predicted octanol–water partition coefficient (Wildman–Crippen LogP) is 1.37. The average molecular weight is 230 g/mol. The van der Waals surface area contributed by atoms with E-state index in [9.17, 15) is 4.79 Å². The number of nitrogens with one attached hydrogen (secondary N) is 1. The van der Waals surface area contributed by atoms with Crippen molar-refractivity contribution in [3.63, 3.8) is 0 Å². The van der Waals surface area contributed by atoms with Gasteiger partial charge in [0.15, 0.2) is 0 Å². The summed E-state index contributed by atoms with van der Waals surface area (Å²) in [5, 5.41) is 2.99. The normalized spacial score (nSPS) is 19.9. The number of amides is 1. The molecule has 1 heterocycles. The fourth-order valence-corrected chi connectivity index (χ4v) is 3.03. The van der Waals surface area contributed by atoms with Gasteiger partial charge in [-0.1, -0.05) is 6.92 Å². The first-order valence-electron chi connectivity index (χ1n) is 5.83. The van der Waals surface area contributed by atoms with Gasteiger partial charge in [0.05, 0.1) is 0 Å². The van der Waals surface area contributed by atoms with Crippen molar-refractivity contribution in [1.29, 1.82) is 0 Å². The molecule has 0 radical (unpaired) electrons. The third kappa shape index (κ3) is 4.89. The third-order valence-electron chi connectivity index (χ3n) is 2.96. The van der Waals surface area contributed by atoms with Gasteiger partial charge in [-0.05, 0) is 36.7 Å². The number of carbonyl (C=O) groups is 1. The van der Waals surface area contributed by atoms with Crippen LogP contribution in [0.2, 0.25) is 0 Å². The molecule has 88 valence electrons. The Labute approximate surface area is 96.6 Å². The summed E-state index contributed by atoms with van der Waals surface area (Å²) in [5.74, 6) is 3.21. The summed E-state index contributed by atoms with van der Waals surface area (Å²) in [7, 11) is 0. The Bertz CT molecular complexity index is 189. The standard InChI is InChI=1S/C11H22N2OS/c1-2-10(8-12)13-11(14)7-9-3-5-15-6-4-9/h9-10H,2-8,12H2,1H3,(H,13,14). The van der Waals surface area contributed by atoms with Gasteiger partial charge in [-0.25, -0.2) is 0 Å². The van der Waals surface area contributed by atoms with Gasteiger partial charge in [0.1, 0.15) is 0 Å². The fraction of sp³-hybridized carbons (Fsp3) is 0.909. The van der Waals surface area contributed by atoms with E-state index in [-0.39, 0.29) is 11.9 Å². The van der Waals surface area contributed by atoms with E-state index < -0.39 is 0 Å². The molecule has 0 aromatic rings. The first-order valence-corrected chi connectivity index (χ1v) is 6.99. The zero-order chi connectivity index (χ0) is 11.1. The summed E-state index contributed by atoms with van der Waals surface area (Å²) in [6.07, 6.45) is 3.99. The van der Waals surface area contributed by atoms with Gasteiger partial charge in [0.25, 0.3) is 0 Å². The van der Waals surface area contributed by atoms with Gasteiger partial charge in [0, 0.05) is 19.0 Å². The molecule has 4 heteroatoms. The third-order valence-corrected chi connectivity index (χ3v) is 4.01. The van der Waals surface area contributed by atoms with Crippen LogP contribution >= 0.6 is 11.8 Å². The van der Waals surface area contributed by atoms with Crippen molar-refractivity contribution in [3.05, 3.63) is 0 Å². The van der Waals surface area contributed by atoms with Gasteiger partial charge in [0.2, 0.25) is 5.91 Å². The second kappa shape index (κ2) is 7.12. The van der Waals surface area contributed by atoms with E-state index in [0.29, 0.717) is 18.9 Å². The van der Waals surface area contributed by atoms with Crippen molar-refractivity contribution in [3.8, 4) is 0 Å². The highest BCUT2D eigenvalue weighted by molar-refractivity contribution is 7.99. The van der Waals surface area contributed by atoms with Crippen LogP contribution in [0.15, 0.2) is 0 Å². The fourth-order valence-electron chi connectivity index (χ4n) is 1.83. The molecule has 1 aliphatic rings. The predicted molar refractivity (Wildman–Crippen MR) is 65.9 cm³/mol. The van der Waals surface area contributed by atoms with Crippen LogP contribution in [0, 0.1) is 5.92 Å². The van der Waals surface area contributed by atoms with Crippen LogP contribution in [0.1, 0.15) is 32.6 Å². The Morgan fingerprint density at radius 1 is 1.53 bits per heavy atom. The molecule has 1 amide bonds. The van der Waals surface area contributed by atoms with Crippen molar-refractivity contribution >= 4 is 17.7 Å². The van der Waals surface area contributed by atoms with Crippen molar-refractivity contribution in [1.82, 2.24) is 5.32 Å². The lowest BCUT2D eigenvalue weighted by Gasteiger charge is -2.22. The van der Waals surface area contributed by atoms with Crippen LogP contribution < -0.4 is 11.1 Å². The first-order chi connectivity index (χ1) is 7.26. The highest BCUT2D eigenvalue weighted by atomic mass is 32.2. The Morgan fingerprint density at radius 3 is 2.73 bits per heavy atom. The average Bonchev–Trinajstić information content (AvgIpc) is 2.27. The summed E-state index contributed by atoms with van der Waals surface area (Å²) < 4.78 is 0. The second-order valence-corrected chi connectivity index (χ2v) is 5.39. The van der Waals surface area contributed by atoms with Gasteiger partial charge in [-0.15, -0.1) is 0 Å². The van der Waals surface area contributed by atoms with Crippen molar-refractivity contribution in [2.75, 3.05) is 18.1 Å². The van der Waals surface area contributed by atoms with Crippen LogP contribution in [0.25, 0.3) is 0 Å². The molecule has 1 fully saturated rings. The van der Waals surface area contributed by atoms with E-state index in [2.05, 4.69) is 12.2 Å². The van der Waals surface area contributed by atoms with Crippen LogP contribution in [-0.4, -0.2) is 30.0 Å². The molecule has 0 aromatic heterocycles. The lowest BCUT2D eigenvalue weighted by molar-refractivity contribution is -0.122. The zero-order valence-electron chi connectivity index (χ0n) is 9.50. The molecule has 3 nitrogen and oxygen atoms in total. The molecule has 0 aromatic carbocycles. The number of hydrogen-bond acceptors (Lipinski definition) is 3. The summed E-state index contributed by atoms with van der Waals surface area (Å²) >= 11 is 2.00. The van der Waals surface area contributed by atoms with Crippen LogP contribution in [-0.2, 0) is 4.79 Å². The number of nitrogens with two attached hydrogens (primary N) is 1. The number of rotatable bonds is 5. The summed E-state index contributed by atoms with van der Waals surface area (Å²) in [5.41, 5.74) is 5.55. The van der Waals surface area contributed by atoms with Gasteiger partial charge >= 0.3 is 0 Å². The van der Waals surface area contributed by atoms with Crippen molar-refractivity contribution < 1.29 is 4.79 Å².